The summed E-state index contributed by atoms with van der Waals surface area (Å²) in [7, 11) is -1.64. The topological polar surface area (TPSA) is 65.2 Å². The first-order chi connectivity index (χ1) is 13.3. The van der Waals surface area contributed by atoms with Crippen LogP contribution in [-0.4, -0.2) is 44.5 Å². The lowest BCUT2D eigenvalue weighted by atomic mass is 10.1. The lowest BCUT2D eigenvalue weighted by Gasteiger charge is -2.30. The molecule has 5 nitrogen and oxygen atoms in total. The van der Waals surface area contributed by atoms with E-state index < -0.39 is 15.7 Å². The number of hydrogen-bond acceptors (Lipinski definition) is 4. The van der Waals surface area contributed by atoms with Gasteiger partial charge in [-0.3, -0.25) is 0 Å². The third kappa shape index (κ3) is 3.68. The number of nitrogens with one attached hydrogen (secondary N) is 2. The summed E-state index contributed by atoms with van der Waals surface area (Å²) >= 11 is 3.52. The van der Waals surface area contributed by atoms with Crippen LogP contribution in [0.2, 0.25) is 0 Å². The number of rotatable bonds is 4. The molecular weight excluding hydrogens is 445 g/mol. The van der Waals surface area contributed by atoms with Crippen molar-refractivity contribution < 1.29 is 12.8 Å². The Bertz CT molecular complexity index is 1120. The van der Waals surface area contributed by atoms with E-state index in [2.05, 4.69) is 38.2 Å². The van der Waals surface area contributed by atoms with Crippen LogP contribution in [0, 0.1) is 5.82 Å². The van der Waals surface area contributed by atoms with Crippen LogP contribution in [0.25, 0.3) is 10.9 Å². The number of piperidine rings is 1. The molecule has 1 aliphatic rings. The fourth-order valence-corrected chi connectivity index (χ4v) is 5.39. The summed E-state index contributed by atoms with van der Waals surface area (Å²) in [4.78, 5) is 5.49. The van der Waals surface area contributed by atoms with E-state index >= 15 is 0 Å². The Morgan fingerprint density at radius 3 is 2.68 bits per heavy atom. The van der Waals surface area contributed by atoms with E-state index in [0.717, 1.165) is 36.1 Å². The Labute approximate surface area is 172 Å². The third-order valence-corrected chi connectivity index (χ3v) is 7.70. The van der Waals surface area contributed by atoms with Crippen LogP contribution in [0.3, 0.4) is 0 Å². The molecule has 1 fully saturated rings. The highest BCUT2D eigenvalue weighted by Gasteiger charge is 2.24. The van der Waals surface area contributed by atoms with Crippen molar-refractivity contribution in [3.8, 4) is 0 Å². The van der Waals surface area contributed by atoms with Gasteiger partial charge < -0.3 is 15.2 Å². The molecule has 0 unspecified atom stereocenters. The minimum atomic E-state index is -3.75. The van der Waals surface area contributed by atoms with Gasteiger partial charge in [0, 0.05) is 33.3 Å². The summed E-state index contributed by atoms with van der Waals surface area (Å²) in [6.45, 7) is 2.03. The molecule has 1 aliphatic heterocycles. The van der Waals surface area contributed by atoms with Gasteiger partial charge in [-0.05, 0) is 85.3 Å². The van der Waals surface area contributed by atoms with E-state index in [4.69, 9.17) is 0 Å². The molecule has 8 heteroatoms. The first-order valence-corrected chi connectivity index (χ1v) is 11.4. The molecule has 2 aromatic carbocycles. The zero-order chi connectivity index (χ0) is 19.9. The average Bonchev–Trinajstić information content (AvgIpc) is 3.09. The molecule has 0 aliphatic carbocycles. The van der Waals surface area contributed by atoms with E-state index in [-0.39, 0.29) is 9.79 Å². The van der Waals surface area contributed by atoms with E-state index in [1.807, 2.05) is 0 Å². The molecule has 1 aromatic heterocycles. The van der Waals surface area contributed by atoms with Crippen molar-refractivity contribution in [2.75, 3.05) is 25.5 Å². The summed E-state index contributed by atoms with van der Waals surface area (Å²) < 4.78 is 40.7. The maximum absolute atomic E-state index is 13.4. The molecule has 1 saturated heterocycles. The van der Waals surface area contributed by atoms with Gasteiger partial charge in [0.1, 0.15) is 5.82 Å². The lowest BCUT2D eigenvalue weighted by molar-refractivity contribution is 0.264. The van der Waals surface area contributed by atoms with Gasteiger partial charge in [-0.1, -0.05) is 0 Å². The minimum Gasteiger partial charge on any atom is -0.381 e. The van der Waals surface area contributed by atoms with E-state index in [9.17, 15) is 12.8 Å². The second-order valence-corrected chi connectivity index (χ2v) is 9.98. The van der Waals surface area contributed by atoms with Crippen LogP contribution < -0.4 is 5.32 Å². The number of H-pyrrole nitrogens is 1. The van der Waals surface area contributed by atoms with Crippen LogP contribution in [0.5, 0.6) is 0 Å². The summed E-state index contributed by atoms with van der Waals surface area (Å²) in [5.74, 6) is -0.411. The quantitative estimate of drug-likeness (QED) is 0.598. The maximum atomic E-state index is 13.4. The van der Waals surface area contributed by atoms with Gasteiger partial charge in [-0.15, -0.1) is 0 Å². The minimum absolute atomic E-state index is 0.148. The molecule has 0 saturated carbocycles. The van der Waals surface area contributed by atoms with Crippen LogP contribution in [0.4, 0.5) is 10.1 Å². The predicted molar refractivity (Wildman–Crippen MR) is 112 cm³/mol. The molecule has 0 bridgehead atoms. The zero-order valence-corrected chi connectivity index (χ0v) is 17.8. The van der Waals surface area contributed by atoms with Gasteiger partial charge in [0.2, 0.25) is 9.84 Å². The number of nitrogens with zero attached hydrogens (tertiary/aromatic N) is 1. The molecule has 4 rings (SSSR count). The highest BCUT2D eigenvalue weighted by atomic mass is 79.9. The number of sulfone groups is 1. The fraction of sp³-hybridized carbons (Fsp3) is 0.300. The Morgan fingerprint density at radius 1 is 1.18 bits per heavy atom. The van der Waals surface area contributed by atoms with Gasteiger partial charge in [0.25, 0.3) is 0 Å². The van der Waals surface area contributed by atoms with Crippen LogP contribution in [-0.2, 0) is 9.84 Å². The predicted octanol–water partition coefficient (Wildman–Crippen LogP) is 4.41. The molecule has 2 heterocycles. The molecule has 28 heavy (non-hydrogen) atoms. The number of aromatic nitrogens is 1. The summed E-state index contributed by atoms with van der Waals surface area (Å²) in [6.07, 6.45) is 3.44. The van der Waals surface area contributed by atoms with Crippen molar-refractivity contribution in [2.24, 2.45) is 0 Å². The van der Waals surface area contributed by atoms with Crippen molar-refractivity contribution in [2.45, 2.75) is 28.7 Å². The monoisotopic (exact) mass is 465 g/mol. The third-order valence-electron chi connectivity index (χ3n) is 5.22. The van der Waals surface area contributed by atoms with Crippen LogP contribution in [0.15, 0.2) is 56.9 Å². The summed E-state index contributed by atoms with van der Waals surface area (Å²) in [6, 6.07) is 9.36. The van der Waals surface area contributed by atoms with Gasteiger partial charge in [-0.25, -0.2) is 12.8 Å². The smallest absolute Gasteiger partial charge is 0.208 e. The van der Waals surface area contributed by atoms with Gasteiger partial charge in [0.05, 0.1) is 9.79 Å². The van der Waals surface area contributed by atoms with E-state index in [0.29, 0.717) is 16.9 Å². The summed E-state index contributed by atoms with van der Waals surface area (Å²) in [5, 5.41) is 3.96. The number of fused-ring (bicyclic) bond motifs is 1. The van der Waals surface area contributed by atoms with Crippen molar-refractivity contribution in [1.82, 2.24) is 9.88 Å². The number of aromatic amines is 1. The summed E-state index contributed by atoms with van der Waals surface area (Å²) in [5.41, 5.74) is 1.22. The molecule has 0 atom stereocenters. The van der Waals surface area contributed by atoms with Crippen LogP contribution in [0.1, 0.15) is 12.8 Å². The Morgan fingerprint density at radius 2 is 1.93 bits per heavy atom. The highest BCUT2D eigenvalue weighted by molar-refractivity contribution is 9.10. The van der Waals surface area contributed by atoms with Crippen molar-refractivity contribution in [1.29, 1.82) is 0 Å². The fourth-order valence-electron chi connectivity index (χ4n) is 3.58. The molecule has 3 aromatic rings. The Kier molecular flexibility index (Phi) is 5.20. The molecule has 2 N–H and O–H groups in total. The first-order valence-electron chi connectivity index (χ1n) is 9.11. The number of hydrogen-bond donors (Lipinski definition) is 2. The number of halogens is 2. The first kappa shape index (κ1) is 19.4. The zero-order valence-electron chi connectivity index (χ0n) is 15.4. The lowest BCUT2D eigenvalue weighted by Crippen LogP contribution is -2.36. The molecule has 148 valence electrons. The second kappa shape index (κ2) is 7.50. The average molecular weight is 466 g/mol. The van der Waals surface area contributed by atoms with Gasteiger partial charge in [-0.2, -0.15) is 0 Å². The normalized spacial score (nSPS) is 16.5. The second-order valence-electron chi connectivity index (χ2n) is 7.21. The SMILES string of the molecule is CN1CCC(Nc2cc(S(=O)(=O)c3c[nH]c4cc(F)ccc34)ccc2Br)CC1. The number of likely N-dealkylation sites (tertiary alicyclic amines) is 1. The maximum Gasteiger partial charge on any atom is 0.208 e. The Hall–Kier alpha value is -1.90. The van der Waals surface area contributed by atoms with Gasteiger partial charge in [0.15, 0.2) is 0 Å². The molecule has 0 amide bonds. The van der Waals surface area contributed by atoms with Crippen molar-refractivity contribution in [3.05, 3.63) is 52.9 Å². The number of anilines is 1. The molecular formula is C20H21BrFN3O2S. The van der Waals surface area contributed by atoms with Crippen molar-refractivity contribution >= 4 is 42.4 Å². The molecule has 0 radical (unpaired) electrons. The Balaban J connectivity index is 1.68. The van der Waals surface area contributed by atoms with Crippen LogP contribution >= 0.6 is 15.9 Å². The highest BCUT2D eigenvalue weighted by Crippen LogP contribution is 2.33. The molecule has 0 spiro atoms. The largest absolute Gasteiger partial charge is 0.381 e. The van der Waals surface area contributed by atoms with Gasteiger partial charge >= 0.3 is 0 Å². The van der Waals surface area contributed by atoms with Crippen molar-refractivity contribution in [3.63, 3.8) is 0 Å². The van der Waals surface area contributed by atoms with E-state index in [1.54, 1.807) is 18.2 Å². The van der Waals surface area contributed by atoms with E-state index in [1.165, 1.54) is 24.4 Å². The number of benzene rings is 2. The standard InChI is InChI=1S/C20H21BrFN3O2S/c1-25-8-6-14(7-9-25)24-19-11-15(3-5-17(19)21)28(26,27)20-12-23-18-10-13(22)2-4-16(18)20/h2-5,10-12,14,23-24H,6-9H2,1H3.